The second-order valence-electron chi connectivity index (χ2n) is 3.26. The SMILES string of the molecule is Nc1cscc1C1CCCC1. The lowest BCUT2D eigenvalue weighted by molar-refractivity contribution is 0.728. The first-order chi connectivity index (χ1) is 5.38. The van der Waals surface area contributed by atoms with Gasteiger partial charge in [-0.3, -0.25) is 0 Å². The predicted octanol–water partition coefficient (Wildman–Crippen LogP) is 2.99. The zero-order valence-electron chi connectivity index (χ0n) is 6.55. The summed E-state index contributed by atoms with van der Waals surface area (Å²) in [4.78, 5) is 0. The minimum absolute atomic E-state index is 0.779. The van der Waals surface area contributed by atoms with Gasteiger partial charge in [-0.2, -0.15) is 0 Å². The fourth-order valence-corrected chi connectivity index (χ4v) is 2.71. The van der Waals surface area contributed by atoms with Gasteiger partial charge in [-0.25, -0.2) is 0 Å². The molecule has 0 saturated heterocycles. The van der Waals surface area contributed by atoms with Crippen molar-refractivity contribution < 1.29 is 0 Å². The van der Waals surface area contributed by atoms with Crippen LogP contribution in [0.3, 0.4) is 0 Å². The molecule has 1 aliphatic carbocycles. The van der Waals surface area contributed by atoms with Crippen LogP contribution in [0.5, 0.6) is 0 Å². The minimum Gasteiger partial charge on any atom is -0.398 e. The molecular weight excluding hydrogens is 154 g/mol. The topological polar surface area (TPSA) is 26.0 Å². The summed E-state index contributed by atoms with van der Waals surface area (Å²) in [5, 5.41) is 4.26. The molecule has 0 bridgehead atoms. The Labute approximate surface area is 71.2 Å². The van der Waals surface area contributed by atoms with Crippen LogP contribution >= 0.6 is 11.3 Å². The van der Waals surface area contributed by atoms with Gasteiger partial charge in [-0.15, -0.1) is 11.3 Å². The van der Waals surface area contributed by atoms with Crippen LogP contribution in [0.25, 0.3) is 0 Å². The number of rotatable bonds is 1. The summed E-state index contributed by atoms with van der Waals surface area (Å²) < 4.78 is 0. The van der Waals surface area contributed by atoms with Gasteiger partial charge in [0.1, 0.15) is 0 Å². The summed E-state index contributed by atoms with van der Waals surface area (Å²) in [6.45, 7) is 0. The molecule has 0 aromatic carbocycles. The molecule has 60 valence electrons. The van der Waals surface area contributed by atoms with Crippen LogP contribution in [-0.2, 0) is 0 Å². The van der Waals surface area contributed by atoms with Crippen LogP contribution in [0.4, 0.5) is 5.69 Å². The van der Waals surface area contributed by atoms with E-state index in [1.165, 1.54) is 31.2 Å². The number of thiophene rings is 1. The maximum atomic E-state index is 5.83. The molecule has 1 aliphatic rings. The number of anilines is 1. The van der Waals surface area contributed by atoms with Crippen LogP contribution in [0.15, 0.2) is 10.8 Å². The minimum atomic E-state index is 0.779. The van der Waals surface area contributed by atoms with E-state index in [1.54, 1.807) is 11.3 Å². The van der Waals surface area contributed by atoms with Gasteiger partial charge in [-0.1, -0.05) is 12.8 Å². The first kappa shape index (κ1) is 7.17. The Hall–Kier alpha value is -0.500. The van der Waals surface area contributed by atoms with Crippen LogP contribution < -0.4 is 5.73 Å². The normalized spacial score (nSPS) is 19.3. The lowest BCUT2D eigenvalue weighted by atomic mass is 10.00. The van der Waals surface area contributed by atoms with E-state index >= 15 is 0 Å². The van der Waals surface area contributed by atoms with E-state index in [-0.39, 0.29) is 0 Å². The highest BCUT2D eigenvalue weighted by atomic mass is 32.1. The summed E-state index contributed by atoms with van der Waals surface area (Å²) >= 11 is 1.73. The van der Waals surface area contributed by atoms with Crippen molar-refractivity contribution in [1.29, 1.82) is 0 Å². The van der Waals surface area contributed by atoms with Gasteiger partial charge in [0.05, 0.1) is 0 Å². The Kier molecular flexibility index (Phi) is 1.86. The molecule has 0 spiro atoms. The highest BCUT2D eigenvalue weighted by molar-refractivity contribution is 7.08. The van der Waals surface area contributed by atoms with Crippen LogP contribution in [0.2, 0.25) is 0 Å². The number of hydrogen-bond donors (Lipinski definition) is 1. The molecule has 1 fully saturated rings. The van der Waals surface area contributed by atoms with E-state index in [1.807, 2.05) is 5.38 Å². The molecule has 0 unspecified atom stereocenters. The average molecular weight is 167 g/mol. The molecule has 2 rings (SSSR count). The maximum absolute atomic E-state index is 5.83. The largest absolute Gasteiger partial charge is 0.398 e. The van der Waals surface area contributed by atoms with Gasteiger partial charge in [-0.05, 0) is 29.7 Å². The van der Waals surface area contributed by atoms with Gasteiger partial charge in [0.25, 0.3) is 0 Å². The summed E-state index contributed by atoms with van der Waals surface area (Å²) in [5.74, 6) is 0.779. The third-order valence-electron chi connectivity index (χ3n) is 2.52. The first-order valence-electron chi connectivity index (χ1n) is 4.19. The number of nitrogens with two attached hydrogens (primary N) is 1. The summed E-state index contributed by atoms with van der Waals surface area (Å²) in [6.07, 6.45) is 5.47. The van der Waals surface area contributed by atoms with Crippen molar-refractivity contribution in [2.75, 3.05) is 5.73 Å². The fourth-order valence-electron chi connectivity index (χ4n) is 1.89. The number of nitrogen functional groups attached to an aromatic ring is 1. The Bertz CT molecular complexity index is 235. The molecule has 0 atom stereocenters. The van der Waals surface area contributed by atoms with Crippen molar-refractivity contribution in [3.05, 3.63) is 16.3 Å². The van der Waals surface area contributed by atoms with Gasteiger partial charge in [0.15, 0.2) is 0 Å². The third kappa shape index (κ3) is 1.27. The van der Waals surface area contributed by atoms with E-state index in [4.69, 9.17) is 5.73 Å². The van der Waals surface area contributed by atoms with E-state index in [0.717, 1.165) is 11.6 Å². The summed E-state index contributed by atoms with van der Waals surface area (Å²) in [5.41, 5.74) is 8.26. The lowest BCUT2D eigenvalue weighted by Gasteiger charge is -2.06. The summed E-state index contributed by atoms with van der Waals surface area (Å²) in [7, 11) is 0. The lowest BCUT2D eigenvalue weighted by Crippen LogP contribution is -1.94. The molecule has 1 saturated carbocycles. The predicted molar refractivity (Wildman–Crippen MR) is 49.9 cm³/mol. The second kappa shape index (κ2) is 2.86. The zero-order valence-corrected chi connectivity index (χ0v) is 7.36. The second-order valence-corrected chi connectivity index (χ2v) is 4.01. The molecule has 2 heteroatoms. The third-order valence-corrected chi connectivity index (χ3v) is 3.30. The summed E-state index contributed by atoms with van der Waals surface area (Å²) in [6, 6.07) is 0. The van der Waals surface area contributed by atoms with E-state index in [2.05, 4.69) is 5.38 Å². The standard InChI is InChI=1S/C9H13NS/c10-9-6-11-5-8(9)7-3-1-2-4-7/h5-7H,1-4,10H2. The van der Waals surface area contributed by atoms with Crippen molar-refractivity contribution in [2.24, 2.45) is 0 Å². The molecule has 0 aliphatic heterocycles. The molecule has 0 radical (unpaired) electrons. The smallest absolute Gasteiger partial charge is 0.0458 e. The molecule has 2 N–H and O–H groups in total. The monoisotopic (exact) mass is 167 g/mol. The first-order valence-corrected chi connectivity index (χ1v) is 5.14. The maximum Gasteiger partial charge on any atom is 0.0458 e. The van der Waals surface area contributed by atoms with Crippen molar-refractivity contribution >= 4 is 17.0 Å². The van der Waals surface area contributed by atoms with Crippen molar-refractivity contribution in [3.8, 4) is 0 Å². The van der Waals surface area contributed by atoms with E-state index in [9.17, 15) is 0 Å². The van der Waals surface area contributed by atoms with Crippen molar-refractivity contribution in [1.82, 2.24) is 0 Å². The quantitative estimate of drug-likeness (QED) is 0.683. The number of hydrogen-bond acceptors (Lipinski definition) is 2. The highest BCUT2D eigenvalue weighted by Gasteiger charge is 2.19. The molecule has 1 heterocycles. The van der Waals surface area contributed by atoms with E-state index < -0.39 is 0 Å². The fraction of sp³-hybridized carbons (Fsp3) is 0.556. The molecule has 1 aromatic rings. The average Bonchev–Trinajstić information content (AvgIpc) is 2.55. The Morgan fingerprint density at radius 3 is 2.55 bits per heavy atom. The van der Waals surface area contributed by atoms with Gasteiger partial charge in [0.2, 0.25) is 0 Å². The van der Waals surface area contributed by atoms with Crippen LogP contribution in [0.1, 0.15) is 37.2 Å². The van der Waals surface area contributed by atoms with E-state index in [0.29, 0.717) is 0 Å². The van der Waals surface area contributed by atoms with Gasteiger partial charge in [0, 0.05) is 11.1 Å². The Balaban J connectivity index is 2.21. The van der Waals surface area contributed by atoms with Gasteiger partial charge < -0.3 is 5.73 Å². The van der Waals surface area contributed by atoms with Gasteiger partial charge >= 0.3 is 0 Å². The van der Waals surface area contributed by atoms with Crippen LogP contribution in [0, 0.1) is 0 Å². The van der Waals surface area contributed by atoms with Crippen LogP contribution in [-0.4, -0.2) is 0 Å². The highest BCUT2D eigenvalue weighted by Crippen LogP contribution is 2.38. The zero-order chi connectivity index (χ0) is 7.68. The molecule has 0 amide bonds. The van der Waals surface area contributed by atoms with Crippen molar-refractivity contribution in [3.63, 3.8) is 0 Å². The molecular formula is C9H13NS. The Morgan fingerprint density at radius 1 is 1.27 bits per heavy atom. The molecule has 11 heavy (non-hydrogen) atoms. The van der Waals surface area contributed by atoms with Crippen molar-refractivity contribution in [2.45, 2.75) is 31.6 Å². The molecule has 1 aromatic heterocycles. The Morgan fingerprint density at radius 2 is 2.00 bits per heavy atom. The molecule has 1 nitrogen and oxygen atoms in total.